The molecule has 1 fully saturated rings. The molecule has 2 amide bonds. The molecule has 0 unspecified atom stereocenters. The number of carbonyl (C=O) groups is 2. The third-order valence-corrected chi connectivity index (χ3v) is 14.2. The van der Waals surface area contributed by atoms with E-state index < -0.39 is 0 Å². The van der Waals surface area contributed by atoms with Gasteiger partial charge in [-0.25, -0.2) is 0 Å². The van der Waals surface area contributed by atoms with Crippen LogP contribution in [-0.2, 0) is 22.4 Å². The van der Waals surface area contributed by atoms with Gasteiger partial charge in [0.25, 0.3) is 0 Å². The first kappa shape index (κ1) is 52.9. The second-order valence-electron chi connectivity index (χ2n) is 19.8. The van der Waals surface area contributed by atoms with Crippen LogP contribution in [-0.4, -0.2) is 36.1 Å². The van der Waals surface area contributed by atoms with Crippen molar-refractivity contribution in [3.05, 3.63) is 83.9 Å². The maximum atomic E-state index is 13.4. The molecule has 364 valence electrons. The SMILES string of the molecule is CCCCCCC(CCCCCC)Oc1cccc2c(CCCC(=O)N[C@@H]3CCCC[C@H]3NC(=O)CCCc3cccc4c(OC(CCCCCC)CCCCCC)cccc34)cccc12. The molecule has 4 aromatic carbocycles. The molecule has 0 heterocycles. The molecule has 0 aliphatic heterocycles. The molecule has 2 N–H and O–H groups in total. The summed E-state index contributed by atoms with van der Waals surface area (Å²) in [6.07, 6.45) is 33.2. The Morgan fingerprint density at radius 3 is 1.17 bits per heavy atom. The van der Waals surface area contributed by atoms with E-state index >= 15 is 0 Å². The molecule has 1 aliphatic rings. The van der Waals surface area contributed by atoms with Crippen LogP contribution in [0.3, 0.4) is 0 Å². The normalized spacial score (nSPS) is 15.2. The molecule has 1 saturated carbocycles. The largest absolute Gasteiger partial charge is 0.490 e. The van der Waals surface area contributed by atoms with Gasteiger partial charge in [-0.05, 0) is 124 Å². The Kier molecular flexibility index (Phi) is 24.9. The van der Waals surface area contributed by atoms with Gasteiger partial charge in [-0.1, -0.05) is 178 Å². The summed E-state index contributed by atoms with van der Waals surface area (Å²) in [5.74, 6) is 2.15. The van der Waals surface area contributed by atoms with Gasteiger partial charge in [0.1, 0.15) is 11.5 Å². The van der Waals surface area contributed by atoms with Crippen LogP contribution in [0, 0.1) is 0 Å². The molecule has 4 aromatic rings. The van der Waals surface area contributed by atoms with Gasteiger partial charge in [0.05, 0.1) is 12.2 Å². The number of rotatable bonds is 34. The van der Waals surface area contributed by atoms with Crippen LogP contribution >= 0.6 is 0 Å². The van der Waals surface area contributed by atoms with Crippen LogP contribution < -0.4 is 20.1 Å². The number of ether oxygens (including phenoxy) is 2. The fraction of sp³-hybridized carbons (Fsp3) is 0.633. The quantitative estimate of drug-likeness (QED) is 0.0458. The second kappa shape index (κ2) is 31.1. The number of carbonyl (C=O) groups excluding carboxylic acids is 2. The summed E-state index contributed by atoms with van der Waals surface area (Å²) in [4.78, 5) is 26.9. The molecular weight excluding hydrogens is 813 g/mol. The molecule has 0 aromatic heterocycles. The van der Waals surface area contributed by atoms with E-state index in [1.807, 2.05) is 0 Å². The average Bonchev–Trinajstić information content (AvgIpc) is 3.32. The van der Waals surface area contributed by atoms with Crippen LogP contribution in [0.1, 0.15) is 219 Å². The van der Waals surface area contributed by atoms with E-state index in [1.54, 1.807) is 0 Å². The topological polar surface area (TPSA) is 76.7 Å². The zero-order chi connectivity index (χ0) is 46.6. The van der Waals surface area contributed by atoms with Crippen molar-refractivity contribution in [1.82, 2.24) is 10.6 Å². The van der Waals surface area contributed by atoms with Crippen molar-refractivity contribution < 1.29 is 19.1 Å². The number of fused-ring (bicyclic) bond motifs is 2. The minimum Gasteiger partial charge on any atom is -0.490 e. The molecule has 6 heteroatoms. The summed E-state index contributed by atoms with van der Waals surface area (Å²) in [6.45, 7) is 9.09. The molecule has 2 atom stereocenters. The molecule has 0 radical (unpaired) electrons. The van der Waals surface area contributed by atoms with Crippen LogP contribution in [0.15, 0.2) is 72.8 Å². The molecular formula is C60H90N2O4. The van der Waals surface area contributed by atoms with Gasteiger partial charge < -0.3 is 20.1 Å². The van der Waals surface area contributed by atoms with Gasteiger partial charge >= 0.3 is 0 Å². The Hall–Kier alpha value is -4.06. The van der Waals surface area contributed by atoms with Gasteiger partial charge in [-0.2, -0.15) is 0 Å². The third-order valence-electron chi connectivity index (χ3n) is 14.2. The highest BCUT2D eigenvalue weighted by molar-refractivity contribution is 5.92. The minimum atomic E-state index is -0.0250. The number of benzene rings is 4. The number of aryl methyl sites for hydroxylation is 2. The van der Waals surface area contributed by atoms with Crippen molar-refractivity contribution >= 4 is 33.4 Å². The van der Waals surface area contributed by atoms with Crippen molar-refractivity contribution in [3.8, 4) is 11.5 Å². The third kappa shape index (κ3) is 18.2. The molecule has 0 saturated heterocycles. The van der Waals surface area contributed by atoms with Gasteiger partial charge in [0.2, 0.25) is 11.8 Å². The van der Waals surface area contributed by atoms with Gasteiger partial charge in [-0.3, -0.25) is 9.59 Å². The van der Waals surface area contributed by atoms with Crippen LogP contribution in [0.4, 0.5) is 0 Å². The summed E-state index contributed by atoms with van der Waals surface area (Å²) in [7, 11) is 0. The highest BCUT2D eigenvalue weighted by Gasteiger charge is 2.28. The van der Waals surface area contributed by atoms with E-state index in [0.29, 0.717) is 12.8 Å². The first-order valence-electron chi connectivity index (χ1n) is 27.4. The maximum absolute atomic E-state index is 13.4. The summed E-state index contributed by atoms with van der Waals surface area (Å²) in [6, 6.07) is 26.0. The van der Waals surface area contributed by atoms with Crippen molar-refractivity contribution in [2.24, 2.45) is 0 Å². The number of nitrogens with one attached hydrogen (secondary N) is 2. The van der Waals surface area contributed by atoms with E-state index in [1.165, 1.54) is 135 Å². The van der Waals surface area contributed by atoms with Crippen LogP contribution in [0.2, 0.25) is 0 Å². The monoisotopic (exact) mass is 903 g/mol. The standard InChI is InChI=1S/C60H90N2O4/c1-5-9-13-17-33-49(34-18-14-10-6-2)65-57-43-27-37-51-47(29-23-39-53(51)57)31-25-45-59(63)61-55-41-21-22-42-56(55)62-60(64)46-26-32-48-30-24-40-54-52(48)38-28-44-58(54)66-50(35-19-15-11-7-3)36-20-16-12-8-4/h23-24,27-30,37-40,43-44,49-50,55-56H,5-22,25-26,31-36,41-42,45-46H2,1-4H3,(H,61,63)(H,62,64)/t55-,56-/m1/s1. The number of hydrogen-bond acceptors (Lipinski definition) is 4. The number of amides is 2. The molecule has 5 rings (SSSR count). The lowest BCUT2D eigenvalue weighted by molar-refractivity contribution is -0.125. The Bertz CT molecular complexity index is 1810. The Balaban J connectivity index is 1.10. The van der Waals surface area contributed by atoms with E-state index in [4.69, 9.17) is 9.47 Å². The minimum absolute atomic E-state index is 0.0250. The Labute approximate surface area is 401 Å². The van der Waals surface area contributed by atoms with Crippen molar-refractivity contribution in [1.29, 1.82) is 0 Å². The van der Waals surface area contributed by atoms with Gasteiger partial charge in [-0.15, -0.1) is 0 Å². The lowest BCUT2D eigenvalue weighted by Gasteiger charge is -2.33. The van der Waals surface area contributed by atoms with Crippen molar-refractivity contribution in [3.63, 3.8) is 0 Å². The number of unbranched alkanes of at least 4 members (excludes halogenated alkanes) is 12. The predicted molar refractivity (Wildman–Crippen MR) is 280 cm³/mol. The van der Waals surface area contributed by atoms with E-state index in [9.17, 15) is 9.59 Å². The summed E-state index contributed by atoms with van der Waals surface area (Å²) in [5.41, 5.74) is 2.53. The molecule has 66 heavy (non-hydrogen) atoms. The Morgan fingerprint density at radius 2 is 0.803 bits per heavy atom. The first-order chi connectivity index (χ1) is 32.4. The van der Waals surface area contributed by atoms with E-state index in [2.05, 4.69) is 111 Å². The lowest BCUT2D eigenvalue weighted by atomic mass is 9.89. The van der Waals surface area contributed by atoms with Crippen LogP contribution in [0.5, 0.6) is 11.5 Å². The smallest absolute Gasteiger partial charge is 0.220 e. The second-order valence-corrected chi connectivity index (χ2v) is 19.8. The fourth-order valence-electron chi connectivity index (χ4n) is 10.3. The molecule has 1 aliphatic carbocycles. The van der Waals surface area contributed by atoms with E-state index in [-0.39, 0.29) is 36.1 Å². The van der Waals surface area contributed by atoms with E-state index in [0.717, 1.165) is 88.5 Å². The zero-order valence-corrected chi connectivity index (χ0v) is 42.1. The van der Waals surface area contributed by atoms with Gasteiger partial charge in [0, 0.05) is 35.7 Å². The highest BCUT2D eigenvalue weighted by atomic mass is 16.5. The van der Waals surface area contributed by atoms with Gasteiger partial charge in [0.15, 0.2) is 0 Å². The highest BCUT2D eigenvalue weighted by Crippen LogP contribution is 2.33. The predicted octanol–water partition coefficient (Wildman–Crippen LogP) is 16.3. The first-order valence-corrected chi connectivity index (χ1v) is 27.4. The zero-order valence-electron chi connectivity index (χ0n) is 42.1. The van der Waals surface area contributed by atoms with Crippen molar-refractivity contribution in [2.45, 2.75) is 245 Å². The molecule has 6 nitrogen and oxygen atoms in total. The average molecular weight is 903 g/mol. The molecule has 0 spiro atoms. The fourth-order valence-corrected chi connectivity index (χ4v) is 10.3. The molecule has 0 bridgehead atoms. The maximum Gasteiger partial charge on any atom is 0.220 e. The van der Waals surface area contributed by atoms with Crippen LogP contribution in [0.25, 0.3) is 21.5 Å². The summed E-state index contributed by atoms with van der Waals surface area (Å²) >= 11 is 0. The Morgan fingerprint density at radius 1 is 0.455 bits per heavy atom. The lowest BCUT2D eigenvalue weighted by Crippen LogP contribution is -2.53. The van der Waals surface area contributed by atoms with Crippen molar-refractivity contribution in [2.75, 3.05) is 0 Å². The summed E-state index contributed by atoms with van der Waals surface area (Å²) < 4.78 is 13.6. The summed E-state index contributed by atoms with van der Waals surface area (Å²) in [5, 5.41) is 11.5. The number of hydrogen-bond donors (Lipinski definition) is 2.